The molecule has 3 nitrogen and oxygen atoms in total. The normalized spacial score (nSPS) is 11.6. The Kier molecular flexibility index (Phi) is 5.29. The first-order valence-electron chi connectivity index (χ1n) is 13.3. The van der Waals surface area contributed by atoms with Crippen LogP contribution in [0.15, 0.2) is 138 Å². The minimum atomic E-state index is 0.672. The van der Waals surface area contributed by atoms with Crippen molar-refractivity contribution in [2.24, 2.45) is 0 Å². The summed E-state index contributed by atoms with van der Waals surface area (Å²) in [7, 11) is 0. The van der Waals surface area contributed by atoms with Crippen LogP contribution in [0.25, 0.3) is 71.8 Å². The predicted octanol–water partition coefficient (Wildman–Crippen LogP) is 9.98. The molecular formula is C36H22BrN3. The molecule has 8 aromatic rings. The van der Waals surface area contributed by atoms with E-state index in [1.807, 2.05) is 6.07 Å². The summed E-state index contributed by atoms with van der Waals surface area (Å²) in [6.45, 7) is 0. The molecule has 2 heterocycles. The third-order valence-electron chi connectivity index (χ3n) is 7.68. The fourth-order valence-corrected chi connectivity index (χ4v) is 6.04. The minimum Gasteiger partial charge on any atom is -0.278 e. The van der Waals surface area contributed by atoms with Crippen LogP contribution in [0.5, 0.6) is 0 Å². The van der Waals surface area contributed by atoms with E-state index in [4.69, 9.17) is 9.97 Å². The van der Waals surface area contributed by atoms with Crippen LogP contribution < -0.4 is 0 Å². The zero-order chi connectivity index (χ0) is 26.6. The Labute approximate surface area is 239 Å². The first-order chi connectivity index (χ1) is 19.7. The van der Waals surface area contributed by atoms with Gasteiger partial charge in [0, 0.05) is 31.6 Å². The second kappa shape index (κ2) is 9.15. The third-order valence-corrected chi connectivity index (χ3v) is 8.21. The van der Waals surface area contributed by atoms with E-state index in [2.05, 4.69) is 148 Å². The van der Waals surface area contributed by atoms with E-state index >= 15 is 0 Å². The van der Waals surface area contributed by atoms with Crippen molar-refractivity contribution < 1.29 is 0 Å². The highest BCUT2D eigenvalue weighted by molar-refractivity contribution is 9.10. The van der Waals surface area contributed by atoms with Crippen LogP contribution in [-0.2, 0) is 0 Å². The lowest BCUT2D eigenvalue weighted by Gasteiger charge is -2.13. The fraction of sp³-hybridized carbons (Fsp3) is 0. The van der Waals surface area contributed by atoms with Crippen molar-refractivity contribution in [1.82, 2.24) is 14.5 Å². The smallest absolute Gasteiger partial charge is 0.235 e. The van der Waals surface area contributed by atoms with E-state index in [0.717, 1.165) is 43.1 Å². The van der Waals surface area contributed by atoms with Gasteiger partial charge >= 0.3 is 0 Å². The highest BCUT2D eigenvalue weighted by Crippen LogP contribution is 2.37. The topological polar surface area (TPSA) is 30.7 Å². The van der Waals surface area contributed by atoms with Gasteiger partial charge in [-0.3, -0.25) is 4.57 Å². The number of halogens is 1. The Balaban J connectivity index is 1.46. The lowest BCUT2D eigenvalue weighted by atomic mass is 10.0. The molecule has 0 spiro atoms. The molecule has 0 atom stereocenters. The first-order valence-corrected chi connectivity index (χ1v) is 14.1. The summed E-state index contributed by atoms with van der Waals surface area (Å²) in [6.07, 6.45) is 0. The molecule has 188 valence electrons. The zero-order valence-corrected chi connectivity index (χ0v) is 23.0. The second-order valence-corrected chi connectivity index (χ2v) is 10.9. The van der Waals surface area contributed by atoms with E-state index < -0.39 is 0 Å². The van der Waals surface area contributed by atoms with Crippen LogP contribution in [0.3, 0.4) is 0 Å². The number of rotatable bonds is 3. The van der Waals surface area contributed by atoms with Gasteiger partial charge < -0.3 is 0 Å². The maximum absolute atomic E-state index is 5.27. The van der Waals surface area contributed by atoms with Crippen molar-refractivity contribution in [1.29, 1.82) is 0 Å². The molecule has 0 amide bonds. The minimum absolute atomic E-state index is 0.672. The molecule has 6 aromatic carbocycles. The molecule has 0 saturated carbocycles. The molecule has 0 N–H and O–H groups in total. The van der Waals surface area contributed by atoms with Gasteiger partial charge in [0.25, 0.3) is 0 Å². The number of fused-ring (bicyclic) bond motifs is 6. The molecule has 0 fully saturated rings. The van der Waals surface area contributed by atoms with Crippen molar-refractivity contribution in [3.8, 4) is 28.3 Å². The SMILES string of the molecule is Brc1ccc(-c2ccc3c(c2)c2ccccc2n3-c2nc(-c3ccccc3)c3ccc4ccccc4c3n2)cc1. The quantitative estimate of drug-likeness (QED) is 0.196. The maximum Gasteiger partial charge on any atom is 0.235 e. The Morgan fingerprint density at radius 1 is 0.475 bits per heavy atom. The zero-order valence-electron chi connectivity index (χ0n) is 21.4. The summed E-state index contributed by atoms with van der Waals surface area (Å²) in [5.74, 6) is 0.672. The summed E-state index contributed by atoms with van der Waals surface area (Å²) in [6, 6.07) is 46.8. The van der Waals surface area contributed by atoms with Crippen molar-refractivity contribution in [2.75, 3.05) is 0 Å². The van der Waals surface area contributed by atoms with Crippen LogP contribution in [0.4, 0.5) is 0 Å². The molecule has 0 aliphatic rings. The van der Waals surface area contributed by atoms with Crippen LogP contribution >= 0.6 is 15.9 Å². The number of para-hydroxylation sites is 1. The van der Waals surface area contributed by atoms with Crippen molar-refractivity contribution in [3.63, 3.8) is 0 Å². The van der Waals surface area contributed by atoms with Crippen molar-refractivity contribution >= 4 is 59.4 Å². The van der Waals surface area contributed by atoms with E-state index in [9.17, 15) is 0 Å². The molecule has 0 saturated heterocycles. The number of hydrogen-bond donors (Lipinski definition) is 0. The van der Waals surface area contributed by atoms with E-state index in [1.165, 1.54) is 27.3 Å². The molecule has 40 heavy (non-hydrogen) atoms. The maximum atomic E-state index is 5.27. The van der Waals surface area contributed by atoms with Crippen LogP contribution in [0.1, 0.15) is 0 Å². The van der Waals surface area contributed by atoms with Crippen LogP contribution in [0.2, 0.25) is 0 Å². The van der Waals surface area contributed by atoms with Gasteiger partial charge in [0.1, 0.15) is 0 Å². The summed E-state index contributed by atoms with van der Waals surface area (Å²) < 4.78 is 3.29. The van der Waals surface area contributed by atoms with Gasteiger partial charge in [-0.1, -0.05) is 113 Å². The molecule has 0 radical (unpaired) electrons. The predicted molar refractivity (Wildman–Crippen MR) is 170 cm³/mol. The average Bonchev–Trinajstić information content (AvgIpc) is 3.35. The molecular weight excluding hydrogens is 554 g/mol. The lowest BCUT2D eigenvalue weighted by molar-refractivity contribution is 1.02. The van der Waals surface area contributed by atoms with Gasteiger partial charge in [-0.2, -0.15) is 0 Å². The Hall–Kier alpha value is -4.80. The van der Waals surface area contributed by atoms with Gasteiger partial charge in [-0.25, -0.2) is 9.97 Å². The first kappa shape index (κ1) is 23.1. The summed E-state index contributed by atoms with van der Waals surface area (Å²) in [5.41, 5.74) is 7.50. The number of hydrogen-bond acceptors (Lipinski definition) is 2. The molecule has 2 aromatic heterocycles. The molecule has 0 aliphatic heterocycles. The Bertz CT molecular complexity index is 2210. The largest absolute Gasteiger partial charge is 0.278 e. The summed E-state index contributed by atoms with van der Waals surface area (Å²) in [5, 5.41) is 5.70. The number of nitrogens with zero attached hydrogens (tertiary/aromatic N) is 3. The standard InChI is InChI=1S/C36H22BrN3/c37-27-18-14-23(15-19-27)26-17-21-33-31(22-26)29-12-6-7-13-32(29)40(33)36-38-34(25-9-2-1-3-10-25)30-20-16-24-8-4-5-11-28(24)35(30)39-36/h1-22H. The summed E-state index contributed by atoms with van der Waals surface area (Å²) >= 11 is 3.56. The molecule has 0 unspecified atom stereocenters. The van der Waals surface area contributed by atoms with Gasteiger partial charge in [-0.05, 0) is 52.9 Å². The van der Waals surface area contributed by atoms with Crippen molar-refractivity contribution in [2.45, 2.75) is 0 Å². The number of aromatic nitrogens is 3. The van der Waals surface area contributed by atoms with E-state index in [1.54, 1.807) is 0 Å². The highest BCUT2D eigenvalue weighted by Gasteiger charge is 2.18. The number of benzene rings is 6. The van der Waals surface area contributed by atoms with Crippen LogP contribution in [0, 0.1) is 0 Å². The monoisotopic (exact) mass is 575 g/mol. The molecule has 8 rings (SSSR count). The van der Waals surface area contributed by atoms with Gasteiger partial charge in [-0.15, -0.1) is 0 Å². The fourth-order valence-electron chi connectivity index (χ4n) is 5.78. The van der Waals surface area contributed by atoms with E-state index in [-0.39, 0.29) is 0 Å². The Morgan fingerprint density at radius 3 is 2.02 bits per heavy atom. The Morgan fingerprint density at radius 2 is 1.18 bits per heavy atom. The molecule has 4 heteroatoms. The second-order valence-electron chi connectivity index (χ2n) is 10.0. The third kappa shape index (κ3) is 3.64. The molecule has 0 aliphatic carbocycles. The lowest BCUT2D eigenvalue weighted by Crippen LogP contribution is -2.03. The highest BCUT2D eigenvalue weighted by atomic mass is 79.9. The molecule has 0 bridgehead atoms. The van der Waals surface area contributed by atoms with Crippen LogP contribution in [-0.4, -0.2) is 14.5 Å². The van der Waals surface area contributed by atoms with Gasteiger partial charge in [0.2, 0.25) is 5.95 Å². The van der Waals surface area contributed by atoms with Gasteiger partial charge in [0.05, 0.1) is 22.2 Å². The van der Waals surface area contributed by atoms with Gasteiger partial charge in [0.15, 0.2) is 0 Å². The van der Waals surface area contributed by atoms with Crippen molar-refractivity contribution in [3.05, 3.63) is 138 Å². The van der Waals surface area contributed by atoms with E-state index in [0.29, 0.717) is 5.95 Å². The average molecular weight is 576 g/mol. The summed E-state index contributed by atoms with van der Waals surface area (Å²) in [4.78, 5) is 10.5.